The third kappa shape index (κ3) is 5.59. The van der Waals surface area contributed by atoms with Crippen LogP contribution in [0.4, 0.5) is 13.2 Å². The maximum absolute atomic E-state index is 13.2. The topological polar surface area (TPSA) is 107 Å². The average Bonchev–Trinajstić information content (AvgIpc) is 3.30. The number of nitrogens with zero attached hydrogens (tertiary/aromatic N) is 3. The molecule has 0 radical (unpaired) electrons. The quantitative estimate of drug-likeness (QED) is 0.522. The number of hydrogen-bond donors (Lipinski definition) is 2. The molecule has 0 saturated carbocycles. The Morgan fingerprint density at radius 3 is 2.48 bits per heavy atom. The Morgan fingerprint density at radius 1 is 1.06 bits per heavy atom. The Balaban J connectivity index is 1.68. The zero-order valence-corrected chi connectivity index (χ0v) is 17.6. The van der Waals surface area contributed by atoms with Crippen LogP contribution in [0.25, 0.3) is 5.69 Å². The maximum atomic E-state index is 13.2. The molecule has 0 unspecified atom stereocenters. The van der Waals surface area contributed by atoms with Gasteiger partial charge in [0.2, 0.25) is 0 Å². The molecule has 0 aliphatic carbocycles. The van der Waals surface area contributed by atoms with Gasteiger partial charge in [0.05, 0.1) is 31.2 Å². The third-order valence-electron chi connectivity index (χ3n) is 4.36. The van der Waals surface area contributed by atoms with Crippen LogP contribution in [0.2, 0.25) is 0 Å². The number of amides is 2. The van der Waals surface area contributed by atoms with Crippen LogP contribution in [0.5, 0.6) is 11.5 Å². The second-order valence-corrected chi connectivity index (χ2v) is 6.69. The Morgan fingerprint density at radius 2 is 1.79 bits per heavy atom. The van der Waals surface area contributed by atoms with Gasteiger partial charge in [0.1, 0.15) is 0 Å². The highest BCUT2D eigenvalue weighted by atomic mass is 19.4. The van der Waals surface area contributed by atoms with E-state index in [1.165, 1.54) is 37.4 Å². The maximum Gasteiger partial charge on any atom is 0.418 e. The predicted molar refractivity (Wildman–Crippen MR) is 110 cm³/mol. The van der Waals surface area contributed by atoms with E-state index >= 15 is 0 Å². The number of rotatable bonds is 7. The molecule has 0 aliphatic rings. The predicted octanol–water partition coefficient (Wildman–Crippen LogP) is 3.16. The number of carbonyl (C=O) groups excluding carboxylic acids is 2. The van der Waals surface area contributed by atoms with E-state index in [4.69, 9.17) is 9.47 Å². The van der Waals surface area contributed by atoms with Crippen molar-refractivity contribution in [1.29, 1.82) is 0 Å². The Kier molecular flexibility index (Phi) is 7.16. The summed E-state index contributed by atoms with van der Waals surface area (Å²) in [6.45, 7) is 2.43. The van der Waals surface area contributed by atoms with Gasteiger partial charge in [-0.15, -0.1) is 5.10 Å². The summed E-state index contributed by atoms with van der Waals surface area (Å²) >= 11 is 0. The van der Waals surface area contributed by atoms with E-state index in [1.807, 2.05) is 6.92 Å². The van der Waals surface area contributed by atoms with Crippen molar-refractivity contribution in [2.75, 3.05) is 13.7 Å². The number of aromatic nitrogens is 3. The van der Waals surface area contributed by atoms with Crippen molar-refractivity contribution in [2.45, 2.75) is 19.5 Å². The van der Waals surface area contributed by atoms with Crippen LogP contribution in [-0.4, -0.2) is 40.5 Å². The number of halogens is 3. The van der Waals surface area contributed by atoms with Crippen molar-refractivity contribution >= 4 is 11.8 Å². The third-order valence-corrected chi connectivity index (χ3v) is 4.36. The second kappa shape index (κ2) is 10.0. The van der Waals surface area contributed by atoms with Crippen LogP contribution in [0.1, 0.15) is 39.8 Å². The molecule has 3 aromatic rings. The molecule has 0 fully saturated rings. The lowest BCUT2D eigenvalue weighted by Gasteiger charge is -2.12. The van der Waals surface area contributed by atoms with Crippen LogP contribution in [-0.2, 0) is 6.18 Å². The molecule has 2 aromatic carbocycles. The summed E-state index contributed by atoms with van der Waals surface area (Å²) < 4.78 is 51.2. The first-order valence-corrected chi connectivity index (χ1v) is 9.75. The number of hydrazine groups is 1. The van der Waals surface area contributed by atoms with Gasteiger partial charge in [-0.05, 0) is 36.8 Å². The number of para-hydroxylation sites is 1. The fourth-order valence-electron chi connectivity index (χ4n) is 2.79. The van der Waals surface area contributed by atoms with E-state index in [0.29, 0.717) is 18.1 Å². The summed E-state index contributed by atoms with van der Waals surface area (Å²) in [7, 11) is 1.43. The molecular weight excluding hydrogens is 443 g/mol. The molecule has 0 spiro atoms. The first-order chi connectivity index (χ1) is 15.7. The highest BCUT2D eigenvalue weighted by Gasteiger charge is 2.34. The van der Waals surface area contributed by atoms with Crippen molar-refractivity contribution in [3.63, 3.8) is 0 Å². The minimum atomic E-state index is -4.61. The van der Waals surface area contributed by atoms with Crippen molar-refractivity contribution in [3.05, 3.63) is 65.5 Å². The fourth-order valence-corrected chi connectivity index (χ4v) is 2.79. The summed E-state index contributed by atoms with van der Waals surface area (Å²) in [6.07, 6.45) is -2.80. The van der Waals surface area contributed by atoms with Crippen molar-refractivity contribution in [2.24, 2.45) is 0 Å². The number of ether oxygens (including phenoxy) is 2. The van der Waals surface area contributed by atoms with Crippen LogP contribution in [0.3, 0.4) is 0 Å². The smallest absolute Gasteiger partial charge is 0.418 e. The summed E-state index contributed by atoms with van der Waals surface area (Å²) in [6, 6.07) is 9.22. The highest BCUT2D eigenvalue weighted by molar-refractivity contribution is 5.98. The lowest BCUT2D eigenvalue weighted by molar-refractivity contribution is -0.137. The monoisotopic (exact) mass is 463 g/mol. The standard InChI is InChI=1S/C21H20F3N5O4/c1-3-10-33-17-9-8-13(11-18(17)32-2)19(30)26-27-20(31)15-12-29(28-25-15)16-7-5-4-6-14(16)21(22,23)24/h4-9,11-12H,3,10H2,1-2H3,(H,26,30)(H,27,31). The zero-order valence-electron chi connectivity index (χ0n) is 17.6. The lowest BCUT2D eigenvalue weighted by atomic mass is 10.1. The Hall–Kier alpha value is -4.09. The van der Waals surface area contributed by atoms with Gasteiger partial charge in [0.15, 0.2) is 17.2 Å². The molecule has 0 saturated heterocycles. The second-order valence-electron chi connectivity index (χ2n) is 6.69. The molecule has 2 amide bonds. The molecule has 0 atom stereocenters. The Labute approximate surface area is 186 Å². The molecular formula is C21H20F3N5O4. The van der Waals surface area contributed by atoms with Gasteiger partial charge in [0.25, 0.3) is 11.8 Å². The molecule has 174 valence electrons. The molecule has 0 bridgehead atoms. The molecule has 2 N–H and O–H groups in total. The SMILES string of the molecule is CCCOc1ccc(C(=O)NNC(=O)c2cn(-c3ccccc3C(F)(F)F)nn2)cc1OC. The van der Waals surface area contributed by atoms with E-state index < -0.39 is 23.6 Å². The van der Waals surface area contributed by atoms with Gasteiger partial charge < -0.3 is 9.47 Å². The number of hydrogen-bond acceptors (Lipinski definition) is 6. The number of alkyl halides is 3. The van der Waals surface area contributed by atoms with Crippen LogP contribution in [0.15, 0.2) is 48.7 Å². The van der Waals surface area contributed by atoms with Crippen molar-refractivity contribution < 1.29 is 32.2 Å². The molecule has 33 heavy (non-hydrogen) atoms. The van der Waals surface area contributed by atoms with E-state index in [-0.39, 0.29) is 16.9 Å². The minimum absolute atomic E-state index is 0.179. The number of methoxy groups -OCH3 is 1. The molecule has 0 aliphatic heterocycles. The van der Waals surface area contributed by atoms with E-state index in [2.05, 4.69) is 21.2 Å². The average molecular weight is 463 g/mol. The normalized spacial score (nSPS) is 11.1. The van der Waals surface area contributed by atoms with Gasteiger partial charge in [-0.3, -0.25) is 20.4 Å². The van der Waals surface area contributed by atoms with E-state index in [0.717, 1.165) is 23.4 Å². The molecule has 12 heteroatoms. The number of benzene rings is 2. The molecule has 1 heterocycles. The van der Waals surface area contributed by atoms with E-state index in [9.17, 15) is 22.8 Å². The number of carbonyl (C=O) groups is 2. The fraction of sp³-hybridized carbons (Fsp3) is 0.238. The van der Waals surface area contributed by atoms with Gasteiger partial charge in [-0.25, -0.2) is 4.68 Å². The lowest BCUT2D eigenvalue weighted by Crippen LogP contribution is -2.41. The van der Waals surface area contributed by atoms with Gasteiger partial charge in [-0.2, -0.15) is 13.2 Å². The van der Waals surface area contributed by atoms with Crippen molar-refractivity contribution in [3.8, 4) is 17.2 Å². The first-order valence-electron chi connectivity index (χ1n) is 9.75. The summed E-state index contributed by atoms with van der Waals surface area (Å²) in [5.41, 5.74) is 3.00. The van der Waals surface area contributed by atoms with Gasteiger partial charge >= 0.3 is 6.18 Å². The highest BCUT2D eigenvalue weighted by Crippen LogP contribution is 2.33. The largest absolute Gasteiger partial charge is 0.493 e. The Bertz CT molecular complexity index is 1150. The molecule has 1 aromatic heterocycles. The van der Waals surface area contributed by atoms with Gasteiger partial charge in [0, 0.05) is 5.56 Å². The van der Waals surface area contributed by atoms with Crippen LogP contribution in [0, 0.1) is 0 Å². The summed E-state index contributed by atoms with van der Waals surface area (Å²) in [4.78, 5) is 24.7. The van der Waals surface area contributed by atoms with Gasteiger partial charge in [-0.1, -0.05) is 24.3 Å². The van der Waals surface area contributed by atoms with Crippen molar-refractivity contribution in [1.82, 2.24) is 25.8 Å². The minimum Gasteiger partial charge on any atom is -0.493 e. The van der Waals surface area contributed by atoms with Crippen LogP contribution < -0.4 is 20.3 Å². The summed E-state index contributed by atoms with van der Waals surface area (Å²) in [5, 5.41) is 7.17. The molecule has 9 nitrogen and oxygen atoms in total. The summed E-state index contributed by atoms with van der Waals surface area (Å²) in [5.74, 6) is -0.711. The van der Waals surface area contributed by atoms with Crippen LogP contribution >= 0.6 is 0 Å². The number of nitrogens with one attached hydrogen (secondary N) is 2. The first kappa shape index (κ1) is 23.6. The zero-order chi connectivity index (χ0) is 24.0. The molecule has 3 rings (SSSR count). The van der Waals surface area contributed by atoms with E-state index in [1.54, 1.807) is 6.07 Å².